The summed E-state index contributed by atoms with van der Waals surface area (Å²) in [5, 5.41) is 15.4. The van der Waals surface area contributed by atoms with Crippen molar-refractivity contribution in [3.63, 3.8) is 0 Å². The number of thioether (sulfide) groups is 1. The minimum absolute atomic E-state index is 0.0640. The van der Waals surface area contributed by atoms with E-state index in [2.05, 4.69) is 15.5 Å². The Hall–Kier alpha value is -2.30. The van der Waals surface area contributed by atoms with Crippen molar-refractivity contribution in [2.45, 2.75) is 88.5 Å². The van der Waals surface area contributed by atoms with Crippen LogP contribution in [0.2, 0.25) is 0 Å². The van der Waals surface area contributed by atoms with Crippen LogP contribution in [0.4, 0.5) is 4.79 Å². The first-order chi connectivity index (χ1) is 14.8. The topological polar surface area (TPSA) is 142 Å². The summed E-state index contributed by atoms with van der Waals surface area (Å²) < 4.78 is 0. The third-order valence-corrected chi connectivity index (χ3v) is 6.76. The number of unbranched alkanes of at least 4 members (excludes halogenated alkanes) is 3. The normalized spacial score (nSPS) is 24.2. The van der Waals surface area contributed by atoms with Crippen LogP contribution in [0, 0.1) is 0 Å². The zero-order valence-corrected chi connectivity index (χ0v) is 18.6. The zero-order chi connectivity index (χ0) is 22.8. The Morgan fingerprint density at radius 2 is 1.74 bits per heavy atom. The number of rotatable bonds is 10. The van der Waals surface area contributed by atoms with Crippen molar-refractivity contribution in [3.8, 4) is 0 Å². The van der Waals surface area contributed by atoms with Crippen LogP contribution in [0.5, 0.6) is 0 Å². The fourth-order valence-corrected chi connectivity index (χ4v) is 5.13. The average molecular weight is 458 g/mol. The van der Waals surface area contributed by atoms with Gasteiger partial charge in [0.05, 0.1) is 12.1 Å². The van der Waals surface area contributed by atoms with Gasteiger partial charge in [-0.1, -0.05) is 26.2 Å². The molecule has 3 aliphatic rings. The van der Waals surface area contributed by atoms with Gasteiger partial charge in [0, 0.05) is 36.7 Å². The Morgan fingerprint density at radius 1 is 1.06 bits per heavy atom. The molecule has 3 aliphatic heterocycles. The lowest BCUT2D eigenvalue weighted by Crippen LogP contribution is -2.36. The first-order valence-corrected chi connectivity index (χ1v) is 11.8. The van der Waals surface area contributed by atoms with Gasteiger partial charge in [-0.25, -0.2) is 9.59 Å². The highest BCUT2D eigenvalue weighted by molar-refractivity contribution is 8.00. The van der Waals surface area contributed by atoms with Crippen molar-refractivity contribution in [2.75, 3.05) is 5.75 Å². The summed E-state index contributed by atoms with van der Waals surface area (Å²) in [6.45, 7) is 2.03. The second kappa shape index (κ2) is 12.5. The molecule has 0 aromatic rings. The summed E-state index contributed by atoms with van der Waals surface area (Å²) >= 11 is 1.87. The lowest BCUT2D eigenvalue weighted by atomic mass is 10.0. The lowest BCUT2D eigenvalue weighted by molar-refractivity contribution is -0.197. The summed E-state index contributed by atoms with van der Waals surface area (Å²) in [7, 11) is 0. The summed E-state index contributed by atoms with van der Waals surface area (Å²) in [4.78, 5) is 59.5. The number of nitrogens with one attached hydrogen (secondary N) is 2. The predicted molar refractivity (Wildman–Crippen MR) is 113 cm³/mol. The number of carbonyl (C=O) groups is 5. The molecule has 0 bridgehead atoms. The number of hydroxylamine groups is 2. The Balaban J connectivity index is 0.000000221. The quantitative estimate of drug-likeness (QED) is 0.257. The van der Waals surface area contributed by atoms with Crippen molar-refractivity contribution in [1.29, 1.82) is 0 Å². The second-order valence-corrected chi connectivity index (χ2v) is 9.04. The van der Waals surface area contributed by atoms with Gasteiger partial charge in [0.1, 0.15) is 0 Å². The SMILES string of the molecule is CCCCCC(=O)ON1C(=O)CCC1=O.O=C(O)CCCC[C@@H]1SC[C@@H]2NC(=O)N[C@@H]21. The molecule has 0 saturated carbocycles. The van der Waals surface area contributed by atoms with Crippen LogP contribution in [-0.2, 0) is 24.0 Å². The van der Waals surface area contributed by atoms with Gasteiger partial charge in [-0.05, 0) is 19.3 Å². The van der Waals surface area contributed by atoms with E-state index < -0.39 is 23.8 Å². The molecule has 4 amide bonds. The zero-order valence-electron chi connectivity index (χ0n) is 17.8. The molecule has 0 unspecified atom stereocenters. The molecule has 174 valence electrons. The van der Waals surface area contributed by atoms with Crippen molar-refractivity contribution in [1.82, 2.24) is 15.7 Å². The van der Waals surface area contributed by atoms with Gasteiger partial charge >= 0.3 is 18.0 Å². The number of carboxylic acids is 1. The molecule has 3 heterocycles. The smallest absolute Gasteiger partial charge is 0.333 e. The highest BCUT2D eigenvalue weighted by atomic mass is 32.2. The van der Waals surface area contributed by atoms with E-state index in [0.717, 1.165) is 44.3 Å². The molecule has 3 fully saturated rings. The van der Waals surface area contributed by atoms with Crippen LogP contribution < -0.4 is 10.6 Å². The van der Waals surface area contributed by atoms with Crippen LogP contribution >= 0.6 is 11.8 Å². The number of hydrogen-bond donors (Lipinski definition) is 3. The molecule has 0 aromatic carbocycles. The van der Waals surface area contributed by atoms with E-state index >= 15 is 0 Å². The third-order valence-electron chi connectivity index (χ3n) is 5.25. The second-order valence-electron chi connectivity index (χ2n) is 7.76. The minimum atomic E-state index is -0.729. The van der Waals surface area contributed by atoms with E-state index in [1.165, 1.54) is 0 Å². The van der Waals surface area contributed by atoms with Crippen LogP contribution in [0.25, 0.3) is 0 Å². The monoisotopic (exact) mass is 457 g/mol. The number of carbonyl (C=O) groups excluding carboxylic acids is 4. The Bertz CT molecular complexity index is 672. The third kappa shape index (κ3) is 8.04. The molecule has 3 atom stereocenters. The highest BCUT2D eigenvalue weighted by Gasteiger charge is 2.42. The van der Waals surface area contributed by atoms with Gasteiger partial charge in [0.25, 0.3) is 11.8 Å². The van der Waals surface area contributed by atoms with E-state index in [1.54, 1.807) is 0 Å². The van der Waals surface area contributed by atoms with Crippen molar-refractivity contribution >= 4 is 41.5 Å². The molecule has 0 aromatic heterocycles. The summed E-state index contributed by atoms with van der Waals surface area (Å²) in [6, 6.07) is 0.440. The maximum atomic E-state index is 11.2. The molecule has 3 saturated heterocycles. The minimum Gasteiger partial charge on any atom is -0.481 e. The molecule has 3 rings (SSSR count). The van der Waals surface area contributed by atoms with Gasteiger partial charge < -0.3 is 20.6 Å². The number of imide groups is 1. The van der Waals surface area contributed by atoms with Crippen LogP contribution in [0.3, 0.4) is 0 Å². The van der Waals surface area contributed by atoms with Crippen LogP contribution in [0.1, 0.15) is 71.1 Å². The number of fused-ring (bicyclic) bond motifs is 1. The maximum Gasteiger partial charge on any atom is 0.333 e. The van der Waals surface area contributed by atoms with E-state index in [4.69, 9.17) is 5.11 Å². The molecule has 3 N–H and O–H groups in total. The Labute approximate surface area is 185 Å². The molecule has 31 heavy (non-hydrogen) atoms. The molecular weight excluding hydrogens is 426 g/mol. The number of hydrogen-bond acceptors (Lipinski definition) is 7. The number of nitrogens with zero attached hydrogens (tertiary/aromatic N) is 1. The fraction of sp³-hybridized carbons (Fsp3) is 0.750. The van der Waals surface area contributed by atoms with Crippen molar-refractivity contribution in [2.24, 2.45) is 0 Å². The molecule has 0 spiro atoms. The average Bonchev–Trinajstić information content (AvgIpc) is 3.36. The van der Waals surface area contributed by atoms with E-state index in [-0.39, 0.29) is 43.8 Å². The van der Waals surface area contributed by atoms with E-state index in [9.17, 15) is 24.0 Å². The molecule has 10 nitrogen and oxygen atoms in total. The first kappa shape index (κ1) is 25.0. The predicted octanol–water partition coefficient (Wildman–Crippen LogP) is 1.97. The van der Waals surface area contributed by atoms with Gasteiger partial charge in [-0.15, -0.1) is 5.06 Å². The molecular formula is C20H31N3O7S. The molecule has 11 heteroatoms. The lowest BCUT2D eigenvalue weighted by Gasteiger charge is -2.16. The first-order valence-electron chi connectivity index (χ1n) is 10.8. The number of urea groups is 1. The largest absolute Gasteiger partial charge is 0.481 e. The Morgan fingerprint density at radius 3 is 2.39 bits per heavy atom. The van der Waals surface area contributed by atoms with E-state index in [0.29, 0.717) is 10.3 Å². The number of aliphatic carboxylic acids is 1. The number of carboxylic acid groups (broad SMARTS) is 1. The van der Waals surface area contributed by atoms with Gasteiger partial charge in [-0.2, -0.15) is 11.8 Å². The standard InChI is InChI=1S/C10H16N2O3S.C10H15NO4/c13-8(14)4-2-1-3-7-9-6(5-16-7)11-10(15)12-9;1-2-3-4-5-10(14)15-11-8(12)6-7-9(11)13/h6-7,9H,1-5H2,(H,13,14)(H2,11,12,15);2-7H2,1H3/t6-,7-,9-;/m0./s1. The summed E-state index contributed by atoms with van der Waals surface area (Å²) in [5.41, 5.74) is 0. The summed E-state index contributed by atoms with van der Waals surface area (Å²) in [6.07, 6.45) is 6.09. The fourth-order valence-electron chi connectivity index (χ4n) is 3.59. The van der Waals surface area contributed by atoms with Gasteiger partial charge in [0.2, 0.25) is 0 Å². The Kier molecular flexibility index (Phi) is 10.1. The van der Waals surface area contributed by atoms with Gasteiger partial charge in [-0.3, -0.25) is 14.4 Å². The number of amides is 4. The molecule has 0 radical (unpaired) electrons. The van der Waals surface area contributed by atoms with Crippen LogP contribution in [0.15, 0.2) is 0 Å². The van der Waals surface area contributed by atoms with E-state index in [1.807, 2.05) is 18.7 Å². The maximum absolute atomic E-state index is 11.2. The molecule has 0 aliphatic carbocycles. The van der Waals surface area contributed by atoms with Crippen molar-refractivity contribution < 1.29 is 33.9 Å². The summed E-state index contributed by atoms with van der Waals surface area (Å²) in [5.74, 6) is -1.12. The van der Waals surface area contributed by atoms with Crippen molar-refractivity contribution in [3.05, 3.63) is 0 Å². The highest BCUT2D eigenvalue weighted by Crippen LogP contribution is 2.33. The van der Waals surface area contributed by atoms with Gasteiger partial charge in [0.15, 0.2) is 0 Å². The van der Waals surface area contributed by atoms with Crippen LogP contribution in [-0.4, -0.2) is 63.0 Å².